The topological polar surface area (TPSA) is 66.4 Å². The summed E-state index contributed by atoms with van der Waals surface area (Å²) in [5.41, 5.74) is 3.14. The molecule has 2 atom stereocenters. The summed E-state index contributed by atoms with van der Waals surface area (Å²) < 4.78 is 0. The van der Waals surface area contributed by atoms with Crippen molar-refractivity contribution in [3.63, 3.8) is 0 Å². The number of rotatable bonds is 7. The zero-order valence-corrected chi connectivity index (χ0v) is 16.4. The number of hydrogen-bond donors (Lipinski definition) is 2. The van der Waals surface area contributed by atoms with Crippen molar-refractivity contribution in [2.45, 2.75) is 59.3 Å². The molecule has 2 aliphatic rings. The summed E-state index contributed by atoms with van der Waals surface area (Å²) in [7, 11) is 1.67. The molecule has 0 bridgehead atoms. The van der Waals surface area contributed by atoms with Crippen molar-refractivity contribution in [2.24, 2.45) is 11.8 Å². The lowest BCUT2D eigenvalue weighted by atomic mass is 9.70. The molecule has 2 rings (SSSR count). The molecule has 4 nitrogen and oxygen atoms in total. The van der Waals surface area contributed by atoms with Gasteiger partial charge in [0.2, 0.25) is 11.6 Å². The number of aliphatic hydroxyl groups is 1. The maximum atomic E-state index is 13.2. The van der Waals surface area contributed by atoms with Crippen LogP contribution >= 0.6 is 0 Å². The first kappa shape index (κ1) is 20.2. The van der Waals surface area contributed by atoms with E-state index in [-0.39, 0.29) is 29.0 Å². The molecular weight excluding hydrogens is 326 g/mol. The zero-order valence-electron chi connectivity index (χ0n) is 16.4. The molecular formula is C22H31NO3. The number of carbonyl (C=O) groups is 2. The van der Waals surface area contributed by atoms with Crippen molar-refractivity contribution in [3.05, 3.63) is 46.4 Å². The van der Waals surface area contributed by atoms with Crippen molar-refractivity contribution < 1.29 is 14.7 Å². The van der Waals surface area contributed by atoms with Crippen LogP contribution in [0.1, 0.15) is 59.3 Å². The molecule has 0 saturated carbocycles. The summed E-state index contributed by atoms with van der Waals surface area (Å²) in [6.45, 7) is 10.1. The van der Waals surface area contributed by atoms with Gasteiger partial charge in [-0.1, -0.05) is 43.6 Å². The molecule has 0 aromatic carbocycles. The van der Waals surface area contributed by atoms with Crippen LogP contribution in [0.4, 0.5) is 0 Å². The number of hydrogen-bond acceptors (Lipinski definition) is 4. The van der Waals surface area contributed by atoms with Crippen LogP contribution < -0.4 is 5.32 Å². The molecule has 2 aliphatic carbocycles. The third-order valence-electron chi connectivity index (χ3n) is 5.51. The van der Waals surface area contributed by atoms with E-state index in [0.717, 1.165) is 37.7 Å². The van der Waals surface area contributed by atoms with Gasteiger partial charge in [-0.05, 0) is 45.4 Å². The molecule has 4 heteroatoms. The predicted molar refractivity (Wildman–Crippen MR) is 105 cm³/mol. The van der Waals surface area contributed by atoms with Gasteiger partial charge >= 0.3 is 0 Å². The second kappa shape index (κ2) is 8.52. The van der Waals surface area contributed by atoms with Gasteiger partial charge in [-0.25, -0.2) is 0 Å². The Morgan fingerprint density at radius 2 is 2.00 bits per heavy atom. The fourth-order valence-electron chi connectivity index (χ4n) is 4.03. The van der Waals surface area contributed by atoms with E-state index in [4.69, 9.17) is 0 Å². The van der Waals surface area contributed by atoms with Gasteiger partial charge < -0.3 is 10.4 Å². The Morgan fingerprint density at radius 1 is 1.31 bits per heavy atom. The quantitative estimate of drug-likeness (QED) is 0.398. The summed E-state index contributed by atoms with van der Waals surface area (Å²) in [6, 6.07) is 0. The first-order valence-corrected chi connectivity index (χ1v) is 9.59. The molecule has 0 amide bonds. The lowest BCUT2D eigenvalue weighted by Gasteiger charge is -2.33. The molecule has 0 aromatic heterocycles. The Bertz CT molecular complexity index is 709. The normalized spacial score (nSPS) is 24.1. The molecule has 0 heterocycles. The van der Waals surface area contributed by atoms with Crippen LogP contribution in [-0.2, 0) is 9.59 Å². The molecule has 26 heavy (non-hydrogen) atoms. The van der Waals surface area contributed by atoms with E-state index in [9.17, 15) is 14.7 Å². The molecule has 142 valence electrons. The Morgan fingerprint density at radius 3 is 2.58 bits per heavy atom. The first-order valence-electron chi connectivity index (χ1n) is 9.59. The van der Waals surface area contributed by atoms with Crippen LogP contribution in [0.5, 0.6) is 0 Å². The second-order valence-corrected chi connectivity index (χ2v) is 7.51. The van der Waals surface area contributed by atoms with Crippen molar-refractivity contribution >= 4 is 11.6 Å². The van der Waals surface area contributed by atoms with Crippen molar-refractivity contribution in [2.75, 3.05) is 7.05 Å². The van der Waals surface area contributed by atoms with E-state index in [1.165, 1.54) is 5.57 Å². The van der Waals surface area contributed by atoms with E-state index < -0.39 is 5.78 Å². The summed E-state index contributed by atoms with van der Waals surface area (Å²) in [5, 5.41) is 13.6. The largest absolute Gasteiger partial charge is 0.504 e. The van der Waals surface area contributed by atoms with E-state index in [2.05, 4.69) is 18.8 Å². The van der Waals surface area contributed by atoms with Crippen LogP contribution in [-0.4, -0.2) is 23.7 Å². The van der Waals surface area contributed by atoms with Crippen molar-refractivity contribution in [1.29, 1.82) is 0 Å². The zero-order chi connectivity index (χ0) is 19.4. The molecule has 0 aliphatic heterocycles. The fourth-order valence-corrected chi connectivity index (χ4v) is 4.03. The third-order valence-corrected chi connectivity index (χ3v) is 5.51. The highest BCUT2D eigenvalue weighted by atomic mass is 16.3. The molecule has 0 saturated heterocycles. The van der Waals surface area contributed by atoms with Crippen LogP contribution in [0, 0.1) is 11.8 Å². The number of Topliss-reactive ketones (excluding diaryl/α,β-unsaturated/α-hetero) is 2. The minimum atomic E-state index is -0.405. The monoisotopic (exact) mass is 357 g/mol. The summed E-state index contributed by atoms with van der Waals surface area (Å²) >= 11 is 0. The van der Waals surface area contributed by atoms with Gasteiger partial charge in [-0.15, -0.1) is 0 Å². The Labute approximate surface area is 156 Å². The average Bonchev–Trinajstić information content (AvgIpc) is 2.59. The number of unbranched alkanes of at least 4 members (excludes halogenated alkanes) is 2. The van der Waals surface area contributed by atoms with Crippen LogP contribution in [0.15, 0.2) is 46.4 Å². The van der Waals surface area contributed by atoms with E-state index in [1.807, 2.05) is 19.9 Å². The van der Waals surface area contributed by atoms with Crippen LogP contribution in [0.3, 0.4) is 0 Å². The number of aliphatic hydroxyl groups excluding tert-OH is 1. The third kappa shape index (κ3) is 3.84. The van der Waals surface area contributed by atoms with Gasteiger partial charge in [0.15, 0.2) is 5.76 Å². The van der Waals surface area contributed by atoms with Gasteiger partial charge in [0.1, 0.15) is 0 Å². The van der Waals surface area contributed by atoms with Crippen LogP contribution in [0.25, 0.3) is 0 Å². The number of nitrogens with one attached hydrogen (secondary N) is 1. The smallest absolute Gasteiger partial charge is 0.225 e. The molecule has 0 radical (unpaired) electrons. The molecule has 2 N–H and O–H groups in total. The fraction of sp³-hybridized carbons (Fsp3) is 0.545. The molecule has 1 unspecified atom stereocenters. The first-order chi connectivity index (χ1) is 12.3. The molecule has 0 spiro atoms. The van der Waals surface area contributed by atoms with Crippen molar-refractivity contribution in [1.82, 2.24) is 5.32 Å². The molecule has 0 fully saturated rings. The highest BCUT2D eigenvalue weighted by molar-refractivity contribution is 6.24. The number of ketones is 2. The standard InChI is InChI=1S/C22H31NO3/c1-6-7-8-9-16-19(23-5)21(25)18(22(26)20(16)24)17-12-14(4)10-11-15(17)13(2)3/h12,15,17,23,26H,2,6-11H2,1,3-5H3/t15?,17-/m1/s1. The highest BCUT2D eigenvalue weighted by Crippen LogP contribution is 2.41. The minimum absolute atomic E-state index is 0.0624. The predicted octanol–water partition coefficient (Wildman–Crippen LogP) is 4.55. The van der Waals surface area contributed by atoms with E-state index >= 15 is 0 Å². The Hall–Kier alpha value is -2.10. The van der Waals surface area contributed by atoms with Gasteiger partial charge in [0, 0.05) is 18.5 Å². The average molecular weight is 357 g/mol. The van der Waals surface area contributed by atoms with Crippen LogP contribution in [0.2, 0.25) is 0 Å². The van der Waals surface area contributed by atoms with E-state index in [0.29, 0.717) is 17.7 Å². The lowest BCUT2D eigenvalue weighted by Crippen LogP contribution is -2.35. The Balaban J connectivity index is 2.47. The van der Waals surface area contributed by atoms with Gasteiger partial charge in [-0.2, -0.15) is 0 Å². The lowest BCUT2D eigenvalue weighted by molar-refractivity contribution is -0.119. The maximum Gasteiger partial charge on any atom is 0.225 e. The summed E-state index contributed by atoms with van der Waals surface area (Å²) in [6.07, 6.45) is 7.20. The highest BCUT2D eigenvalue weighted by Gasteiger charge is 2.40. The molecule has 0 aromatic rings. The maximum absolute atomic E-state index is 13.2. The van der Waals surface area contributed by atoms with Gasteiger partial charge in [0.05, 0.1) is 11.3 Å². The number of likely N-dealkylation sites (N-methyl/N-ethyl adjacent to an activating group) is 1. The number of allylic oxidation sites excluding steroid dienone is 5. The Kier molecular flexibility index (Phi) is 6.63. The number of carbonyl (C=O) groups excluding carboxylic acids is 2. The van der Waals surface area contributed by atoms with E-state index in [1.54, 1.807) is 7.05 Å². The van der Waals surface area contributed by atoms with Gasteiger partial charge in [-0.3, -0.25) is 9.59 Å². The summed E-state index contributed by atoms with van der Waals surface area (Å²) in [4.78, 5) is 26.0. The second-order valence-electron chi connectivity index (χ2n) is 7.51. The van der Waals surface area contributed by atoms with Crippen molar-refractivity contribution in [3.8, 4) is 0 Å². The summed E-state index contributed by atoms with van der Waals surface area (Å²) in [5.74, 6) is -1.26. The van der Waals surface area contributed by atoms with Gasteiger partial charge in [0.25, 0.3) is 0 Å². The SMILES string of the molecule is C=C(C)C1CCC(C)=C[C@H]1C1=C(O)C(=O)C(CCCCC)=C(NC)C1=O. The minimum Gasteiger partial charge on any atom is -0.504 e.